The molecule has 2 aromatic rings. The van der Waals surface area contributed by atoms with Crippen LogP contribution in [-0.4, -0.2) is 28.8 Å². The van der Waals surface area contributed by atoms with Gasteiger partial charge in [-0.3, -0.25) is 9.59 Å². The van der Waals surface area contributed by atoms with Crippen molar-refractivity contribution in [3.63, 3.8) is 0 Å². The van der Waals surface area contributed by atoms with Crippen molar-refractivity contribution in [3.05, 3.63) is 68.7 Å². The monoisotopic (exact) mass is 468 g/mol. The van der Waals surface area contributed by atoms with Gasteiger partial charge in [0.2, 0.25) is 11.8 Å². The maximum absolute atomic E-state index is 13.3. The molecule has 7 heteroatoms. The highest BCUT2D eigenvalue weighted by molar-refractivity contribution is 6.36. The van der Waals surface area contributed by atoms with Crippen molar-refractivity contribution in [2.45, 2.75) is 58.7 Å². The molecule has 2 amide bonds. The number of aryl methyl sites for hydroxylation is 1. The number of hydrogen-bond acceptors (Lipinski definition) is 2. The van der Waals surface area contributed by atoms with Crippen LogP contribution in [0.3, 0.4) is 0 Å². The zero-order valence-electron chi connectivity index (χ0n) is 17.4. The molecule has 0 radical (unpaired) electrons. The first-order chi connectivity index (χ1) is 14.2. The van der Waals surface area contributed by atoms with Gasteiger partial charge in [0.15, 0.2) is 0 Å². The Kier molecular flexibility index (Phi) is 9.47. The van der Waals surface area contributed by atoms with Crippen LogP contribution in [0.5, 0.6) is 0 Å². The van der Waals surface area contributed by atoms with Crippen molar-refractivity contribution in [1.82, 2.24) is 10.2 Å². The molecule has 0 spiro atoms. The summed E-state index contributed by atoms with van der Waals surface area (Å²) in [5, 5.41) is 4.45. The average molecular weight is 470 g/mol. The van der Waals surface area contributed by atoms with Crippen LogP contribution in [0, 0.1) is 0 Å². The number of benzene rings is 2. The second kappa shape index (κ2) is 11.6. The lowest BCUT2D eigenvalue weighted by molar-refractivity contribution is -0.141. The van der Waals surface area contributed by atoms with Crippen molar-refractivity contribution in [1.29, 1.82) is 0 Å². The molecule has 2 aromatic carbocycles. The number of carbonyl (C=O) groups is 2. The van der Waals surface area contributed by atoms with Gasteiger partial charge in [0, 0.05) is 39.6 Å². The molecule has 0 saturated carbocycles. The van der Waals surface area contributed by atoms with E-state index in [9.17, 15) is 9.59 Å². The molecular formula is C23H27Cl3N2O2. The Morgan fingerprint density at radius 2 is 1.57 bits per heavy atom. The zero-order valence-corrected chi connectivity index (χ0v) is 19.7. The fraction of sp³-hybridized carbons (Fsp3) is 0.391. The maximum Gasteiger partial charge on any atom is 0.243 e. The van der Waals surface area contributed by atoms with Gasteiger partial charge in [-0.05, 0) is 50.5 Å². The largest absolute Gasteiger partial charge is 0.352 e. The number of rotatable bonds is 9. The molecule has 0 heterocycles. The van der Waals surface area contributed by atoms with Gasteiger partial charge in [0.05, 0.1) is 0 Å². The highest BCUT2D eigenvalue weighted by Gasteiger charge is 2.29. The van der Waals surface area contributed by atoms with Gasteiger partial charge in [-0.1, -0.05) is 66.0 Å². The van der Waals surface area contributed by atoms with Crippen LogP contribution >= 0.6 is 34.8 Å². The summed E-state index contributed by atoms with van der Waals surface area (Å²) in [6, 6.07) is 12.0. The van der Waals surface area contributed by atoms with Crippen LogP contribution in [-0.2, 0) is 22.6 Å². The van der Waals surface area contributed by atoms with Crippen LogP contribution in [0.25, 0.3) is 0 Å². The Bertz CT molecular complexity index is 866. The van der Waals surface area contributed by atoms with E-state index in [0.717, 1.165) is 5.56 Å². The van der Waals surface area contributed by atoms with Crippen LogP contribution in [0.2, 0.25) is 15.1 Å². The quantitative estimate of drug-likeness (QED) is 0.496. The third-order valence-electron chi connectivity index (χ3n) is 4.77. The van der Waals surface area contributed by atoms with E-state index in [1.807, 2.05) is 39.0 Å². The minimum Gasteiger partial charge on any atom is -0.352 e. The number of carbonyl (C=O) groups excluding carboxylic acids is 2. The van der Waals surface area contributed by atoms with Gasteiger partial charge in [0.1, 0.15) is 6.04 Å². The first-order valence-electron chi connectivity index (χ1n) is 10.0. The third-order valence-corrected chi connectivity index (χ3v) is 5.85. The van der Waals surface area contributed by atoms with E-state index in [2.05, 4.69) is 5.32 Å². The first-order valence-corrected chi connectivity index (χ1v) is 11.1. The van der Waals surface area contributed by atoms with E-state index in [1.165, 1.54) is 0 Å². The number of amides is 2. The minimum atomic E-state index is -0.626. The van der Waals surface area contributed by atoms with Gasteiger partial charge >= 0.3 is 0 Å². The van der Waals surface area contributed by atoms with Crippen LogP contribution in [0.15, 0.2) is 42.5 Å². The summed E-state index contributed by atoms with van der Waals surface area (Å²) in [5.41, 5.74) is 1.52. The number of halogens is 3. The molecule has 1 atom stereocenters. The summed E-state index contributed by atoms with van der Waals surface area (Å²) in [6.07, 6.45) is 1.17. The van der Waals surface area contributed by atoms with Crippen molar-refractivity contribution in [2.24, 2.45) is 0 Å². The first kappa shape index (κ1) is 24.5. The molecule has 0 bridgehead atoms. The molecule has 0 fully saturated rings. The smallest absolute Gasteiger partial charge is 0.243 e. The summed E-state index contributed by atoms with van der Waals surface area (Å²) in [4.78, 5) is 27.7. The Hall–Kier alpha value is -1.75. The minimum absolute atomic E-state index is 0.0319. The number of nitrogens with zero attached hydrogens (tertiary/aromatic N) is 1. The van der Waals surface area contributed by atoms with Crippen molar-refractivity contribution in [2.75, 3.05) is 0 Å². The predicted molar refractivity (Wildman–Crippen MR) is 124 cm³/mol. The summed E-state index contributed by atoms with van der Waals surface area (Å²) in [7, 11) is 0. The van der Waals surface area contributed by atoms with Gasteiger partial charge in [0.25, 0.3) is 0 Å². The van der Waals surface area contributed by atoms with Crippen molar-refractivity contribution in [3.8, 4) is 0 Å². The SMILES string of the molecule is CC[C@H](C(=O)NC(C)C)N(Cc1c(Cl)cccc1Cl)C(=O)CCc1ccccc1Cl. The third kappa shape index (κ3) is 6.63. The van der Waals surface area contributed by atoms with Gasteiger partial charge in [-0.2, -0.15) is 0 Å². The Morgan fingerprint density at radius 3 is 2.13 bits per heavy atom. The van der Waals surface area contributed by atoms with E-state index in [1.54, 1.807) is 29.2 Å². The van der Waals surface area contributed by atoms with Crippen LogP contribution < -0.4 is 5.32 Å². The Labute approximate surface area is 193 Å². The topological polar surface area (TPSA) is 49.4 Å². The average Bonchev–Trinajstić information content (AvgIpc) is 2.68. The van der Waals surface area contributed by atoms with E-state index in [4.69, 9.17) is 34.8 Å². The van der Waals surface area contributed by atoms with E-state index < -0.39 is 6.04 Å². The Morgan fingerprint density at radius 1 is 0.967 bits per heavy atom. The van der Waals surface area contributed by atoms with E-state index in [0.29, 0.717) is 33.5 Å². The van der Waals surface area contributed by atoms with E-state index in [-0.39, 0.29) is 30.8 Å². The molecule has 4 nitrogen and oxygen atoms in total. The molecule has 0 saturated heterocycles. The van der Waals surface area contributed by atoms with Gasteiger partial charge in [-0.25, -0.2) is 0 Å². The molecule has 0 aliphatic carbocycles. The fourth-order valence-electron chi connectivity index (χ4n) is 3.24. The summed E-state index contributed by atoms with van der Waals surface area (Å²) in [6.45, 7) is 5.81. The second-order valence-corrected chi connectivity index (χ2v) is 8.62. The lowest BCUT2D eigenvalue weighted by Crippen LogP contribution is -2.50. The highest BCUT2D eigenvalue weighted by Crippen LogP contribution is 2.27. The number of nitrogens with one attached hydrogen (secondary N) is 1. The molecule has 2 rings (SSSR count). The molecule has 0 unspecified atom stereocenters. The molecule has 162 valence electrons. The summed E-state index contributed by atoms with van der Waals surface area (Å²) >= 11 is 18.9. The summed E-state index contributed by atoms with van der Waals surface area (Å²) < 4.78 is 0. The molecule has 30 heavy (non-hydrogen) atoms. The molecule has 1 N–H and O–H groups in total. The molecule has 0 aliphatic heterocycles. The van der Waals surface area contributed by atoms with Crippen LogP contribution in [0.4, 0.5) is 0 Å². The van der Waals surface area contributed by atoms with Gasteiger partial charge < -0.3 is 10.2 Å². The van der Waals surface area contributed by atoms with Gasteiger partial charge in [-0.15, -0.1) is 0 Å². The zero-order chi connectivity index (χ0) is 22.3. The van der Waals surface area contributed by atoms with Crippen molar-refractivity contribution >= 4 is 46.6 Å². The Balaban J connectivity index is 2.30. The van der Waals surface area contributed by atoms with Crippen LogP contribution in [0.1, 0.15) is 44.7 Å². The normalized spacial score (nSPS) is 12.0. The maximum atomic E-state index is 13.3. The molecule has 0 aromatic heterocycles. The molecule has 0 aliphatic rings. The standard InChI is InChI=1S/C23H27Cl3N2O2/c1-4-21(23(30)27-15(2)3)28(14-17-19(25)10-7-11-20(17)26)22(29)13-12-16-8-5-6-9-18(16)24/h5-11,15,21H,4,12-14H2,1-3H3,(H,27,30)/t21-/m1/s1. The number of hydrogen-bond donors (Lipinski definition) is 1. The second-order valence-electron chi connectivity index (χ2n) is 7.40. The van der Waals surface area contributed by atoms with Crippen molar-refractivity contribution < 1.29 is 9.59 Å². The lowest BCUT2D eigenvalue weighted by Gasteiger charge is -2.32. The highest BCUT2D eigenvalue weighted by atomic mass is 35.5. The summed E-state index contributed by atoms with van der Waals surface area (Å²) in [5.74, 6) is -0.349. The molecular weight excluding hydrogens is 443 g/mol. The van der Waals surface area contributed by atoms with E-state index >= 15 is 0 Å². The fourth-order valence-corrected chi connectivity index (χ4v) is 3.99. The predicted octanol–water partition coefficient (Wildman–Crippen LogP) is 5.91. The lowest BCUT2D eigenvalue weighted by atomic mass is 10.1.